The fraction of sp³-hybridized carbons (Fsp3) is 0.667. The Labute approximate surface area is 91.9 Å². The van der Waals surface area contributed by atoms with Crippen LogP contribution in [0.5, 0.6) is 0 Å². The minimum atomic E-state index is -0.827. The smallest absolute Gasteiger partial charge is 0.313 e. The third-order valence-electron chi connectivity index (χ3n) is 2.56. The summed E-state index contributed by atoms with van der Waals surface area (Å²) in [7, 11) is 0. The van der Waals surface area contributed by atoms with E-state index in [2.05, 4.69) is 17.1 Å². The molecule has 1 aromatic heterocycles. The van der Waals surface area contributed by atoms with Gasteiger partial charge < -0.3 is 9.67 Å². The molecule has 1 heterocycles. The number of thioether (sulfide) groups is 1. The van der Waals surface area contributed by atoms with Crippen LogP contribution in [0.2, 0.25) is 0 Å². The van der Waals surface area contributed by atoms with E-state index in [1.807, 2.05) is 4.57 Å². The Bertz CT molecular complexity index is 373. The van der Waals surface area contributed by atoms with Gasteiger partial charge in [0.05, 0.1) is 5.75 Å². The average molecular weight is 227 g/mol. The van der Waals surface area contributed by atoms with Crippen LogP contribution in [0.15, 0.2) is 11.5 Å². The van der Waals surface area contributed by atoms with Gasteiger partial charge in [-0.15, -0.1) is 10.2 Å². The highest BCUT2D eigenvalue weighted by atomic mass is 32.2. The van der Waals surface area contributed by atoms with Crippen molar-refractivity contribution in [3.05, 3.63) is 6.33 Å². The molecule has 0 aliphatic heterocycles. The normalized spacial score (nSPS) is 17.7. The van der Waals surface area contributed by atoms with Crippen molar-refractivity contribution in [3.8, 4) is 0 Å². The molecule has 1 aliphatic rings. The van der Waals surface area contributed by atoms with Gasteiger partial charge in [0.2, 0.25) is 0 Å². The van der Waals surface area contributed by atoms with Crippen LogP contribution < -0.4 is 0 Å². The Balaban J connectivity index is 1.98. The maximum atomic E-state index is 10.4. The summed E-state index contributed by atoms with van der Waals surface area (Å²) in [5.41, 5.74) is 0.376. The molecule has 1 aliphatic carbocycles. The van der Waals surface area contributed by atoms with Crippen molar-refractivity contribution in [1.82, 2.24) is 14.8 Å². The number of hydrogen-bond donors (Lipinski definition) is 1. The van der Waals surface area contributed by atoms with Crippen molar-refractivity contribution < 1.29 is 9.90 Å². The van der Waals surface area contributed by atoms with Crippen LogP contribution in [0.4, 0.5) is 0 Å². The Hall–Kier alpha value is -1.04. The fourth-order valence-corrected chi connectivity index (χ4v) is 2.01. The number of carboxylic acids is 1. The Morgan fingerprint density at radius 2 is 2.47 bits per heavy atom. The number of aromatic nitrogens is 3. The number of nitrogens with zero attached hydrogens (tertiary/aromatic N) is 3. The van der Waals surface area contributed by atoms with Crippen molar-refractivity contribution >= 4 is 17.7 Å². The van der Waals surface area contributed by atoms with Gasteiger partial charge in [0.25, 0.3) is 0 Å². The second-order valence-corrected chi connectivity index (χ2v) is 5.18. The van der Waals surface area contributed by atoms with E-state index in [1.165, 1.54) is 24.6 Å². The molecule has 0 aromatic carbocycles. The van der Waals surface area contributed by atoms with Crippen molar-refractivity contribution in [2.24, 2.45) is 5.41 Å². The second-order valence-electron chi connectivity index (χ2n) is 4.23. The second kappa shape index (κ2) is 3.84. The summed E-state index contributed by atoms with van der Waals surface area (Å²) in [4.78, 5) is 10.4. The van der Waals surface area contributed by atoms with E-state index in [4.69, 9.17) is 5.11 Å². The fourth-order valence-electron chi connectivity index (χ4n) is 1.37. The molecule has 1 fully saturated rings. The molecule has 0 unspecified atom stereocenters. The monoisotopic (exact) mass is 227 g/mol. The Morgan fingerprint density at radius 3 is 3.07 bits per heavy atom. The molecule has 1 N–H and O–H groups in total. The molecule has 0 amide bonds. The van der Waals surface area contributed by atoms with Crippen LogP contribution in [0.1, 0.15) is 19.8 Å². The standard InChI is InChI=1S/C9H13N3O2S/c1-9(2-3-9)5-12-6-10-11-8(12)15-4-7(13)14/h6H,2-5H2,1H3,(H,13,14). The summed E-state index contributed by atoms with van der Waals surface area (Å²) >= 11 is 1.22. The van der Waals surface area contributed by atoms with Crippen molar-refractivity contribution in [1.29, 1.82) is 0 Å². The highest BCUT2D eigenvalue weighted by molar-refractivity contribution is 7.99. The lowest BCUT2D eigenvalue weighted by molar-refractivity contribution is -0.133. The van der Waals surface area contributed by atoms with Crippen molar-refractivity contribution in [2.75, 3.05) is 5.75 Å². The molecule has 0 radical (unpaired) electrons. The molecular weight excluding hydrogens is 214 g/mol. The van der Waals surface area contributed by atoms with E-state index < -0.39 is 5.97 Å². The lowest BCUT2D eigenvalue weighted by atomic mass is 10.1. The molecule has 1 aromatic rings. The largest absolute Gasteiger partial charge is 0.481 e. The Morgan fingerprint density at radius 1 is 1.73 bits per heavy atom. The maximum Gasteiger partial charge on any atom is 0.313 e. The van der Waals surface area contributed by atoms with E-state index in [-0.39, 0.29) is 5.75 Å². The lowest BCUT2D eigenvalue weighted by Crippen LogP contribution is -2.09. The Kier molecular flexibility index (Phi) is 2.68. The van der Waals surface area contributed by atoms with Gasteiger partial charge in [-0.1, -0.05) is 18.7 Å². The van der Waals surface area contributed by atoms with Gasteiger partial charge in [0, 0.05) is 6.54 Å². The topological polar surface area (TPSA) is 68.0 Å². The van der Waals surface area contributed by atoms with Crippen molar-refractivity contribution in [3.63, 3.8) is 0 Å². The number of rotatable bonds is 5. The molecule has 5 nitrogen and oxygen atoms in total. The number of carboxylic acid groups (broad SMARTS) is 1. The first kappa shape index (κ1) is 10.5. The third kappa shape index (κ3) is 2.71. The number of hydrogen-bond acceptors (Lipinski definition) is 4. The summed E-state index contributed by atoms with van der Waals surface area (Å²) < 4.78 is 1.95. The molecule has 15 heavy (non-hydrogen) atoms. The van der Waals surface area contributed by atoms with Crippen LogP contribution in [0.25, 0.3) is 0 Å². The zero-order valence-electron chi connectivity index (χ0n) is 8.51. The van der Waals surface area contributed by atoms with Gasteiger partial charge in [-0.2, -0.15) is 0 Å². The van der Waals surface area contributed by atoms with Crippen LogP contribution in [0.3, 0.4) is 0 Å². The minimum absolute atomic E-state index is 0.0371. The van der Waals surface area contributed by atoms with E-state index in [0.717, 1.165) is 6.54 Å². The van der Waals surface area contributed by atoms with E-state index in [1.54, 1.807) is 6.33 Å². The molecule has 6 heteroatoms. The first-order valence-corrected chi connectivity index (χ1v) is 5.80. The average Bonchev–Trinajstić information content (AvgIpc) is 2.74. The summed E-state index contributed by atoms with van der Waals surface area (Å²) in [5.74, 6) is -0.790. The molecule has 0 atom stereocenters. The highest BCUT2D eigenvalue weighted by Crippen LogP contribution is 2.46. The molecule has 2 rings (SSSR count). The van der Waals surface area contributed by atoms with Gasteiger partial charge in [0.1, 0.15) is 6.33 Å². The van der Waals surface area contributed by atoms with Crippen LogP contribution in [0, 0.1) is 5.41 Å². The first-order valence-electron chi connectivity index (χ1n) is 4.81. The summed E-state index contributed by atoms with van der Waals surface area (Å²) in [6.45, 7) is 3.11. The SMILES string of the molecule is CC1(Cn2cnnc2SCC(=O)O)CC1. The first-order chi connectivity index (χ1) is 7.09. The molecule has 0 bridgehead atoms. The zero-order chi connectivity index (χ0) is 10.9. The quantitative estimate of drug-likeness (QED) is 0.767. The van der Waals surface area contributed by atoms with Crippen LogP contribution in [-0.4, -0.2) is 31.6 Å². The van der Waals surface area contributed by atoms with Gasteiger partial charge in [-0.05, 0) is 18.3 Å². The van der Waals surface area contributed by atoms with Gasteiger partial charge in [-0.3, -0.25) is 4.79 Å². The highest BCUT2D eigenvalue weighted by Gasteiger charge is 2.38. The molecule has 0 saturated heterocycles. The van der Waals surface area contributed by atoms with Crippen LogP contribution >= 0.6 is 11.8 Å². The summed E-state index contributed by atoms with van der Waals surface area (Å²) in [6.07, 6.45) is 4.14. The number of carbonyl (C=O) groups is 1. The maximum absolute atomic E-state index is 10.4. The molecule has 0 spiro atoms. The lowest BCUT2D eigenvalue weighted by Gasteiger charge is -2.10. The van der Waals surface area contributed by atoms with E-state index in [0.29, 0.717) is 10.6 Å². The van der Waals surface area contributed by atoms with Gasteiger partial charge in [0.15, 0.2) is 5.16 Å². The zero-order valence-corrected chi connectivity index (χ0v) is 9.33. The number of aliphatic carboxylic acids is 1. The predicted molar refractivity (Wildman–Crippen MR) is 55.7 cm³/mol. The molecule has 1 saturated carbocycles. The van der Waals surface area contributed by atoms with Crippen LogP contribution in [-0.2, 0) is 11.3 Å². The van der Waals surface area contributed by atoms with Gasteiger partial charge >= 0.3 is 5.97 Å². The molecule has 82 valence electrons. The molecular formula is C9H13N3O2S. The van der Waals surface area contributed by atoms with Gasteiger partial charge in [-0.25, -0.2) is 0 Å². The van der Waals surface area contributed by atoms with Crippen molar-refractivity contribution in [2.45, 2.75) is 31.5 Å². The third-order valence-corrected chi connectivity index (χ3v) is 3.53. The summed E-state index contributed by atoms with van der Waals surface area (Å²) in [5, 5.41) is 17.0. The predicted octanol–water partition coefficient (Wildman–Crippen LogP) is 1.25. The minimum Gasteiger partial charge on any atom is -0.481 e. The summed E-state index contributed by atoms with van der Waals surface area (Å²) in [6, 6.07) is 0. The van der Waals surface area contributed by atoms with E-state index in [9.17, 15) is 4.79 Å². The van der Waals surface area contributed by atoms with E-state index >= 15 is 0 Å².